The quantitative estimate of drug-likeness (QED) is 0.906. The largest absolute Gasteiger partial charge is 0.317 e. The minimum absolute atomic E-state index is 0.178. The molecule has 3 heterocycles. The summed E-state index contributed by atoms with van der Waals surface area (Å²) in [5.41, 5.74) is 1.10. The van der Waals surface area contributed by atoms with Crippen molar-refractivity contribution in [2.24, 2.45) is 0 Å². The lowest BCUT2D eigenvalue weighted by Crippen LogP contribution is -2.29. The van der Waals surface area contributed by atoms with Crippen LogP contribution >= 0.6 is 0 Å². The summed E-state index contributed by atoms with van der Waals surface area (Å²) in [5, 5.41) is 11.4. The molecule has 0 bridgehead atoms. The van der Waals surface area contributed by atoms with E-state index in [1.165, 1.54) is 4.90 Å². The van der Waals surface area contributed by atoms with Gasteiger partial charge in [-0.25, -0.2) is 4.68 Å². The van der Waals surface area contributed by atoms with Crippen LogP contribution < -0.4 is 10.2 Å². The minimum Gasteiger partial charge on any atom is -0.317 e. The SMILES string of the molecule is CN(C(=O)c1cn(C2CCNCC2)nn1)c1cccnc1. The number of piperidine rings is 1. The van der Waals surface area contributed by atoms with Crippen molar-refractivity contribution in [3.05, 3.63) is 36.4 Å². The van der Waals surface area contributed by atoms with Gasteiger partial charge in [-0.1, -0.05) is 5.21 Å². The molecule has 3 rings (SSSR count). The zero-order valence-electron chi connectivity index (χ0n) is 11.9. The van der Waals surface area contributed by atoms with Crippen LogP contribution in [0, 0.1) is 0 Å². The zero-order valence-corrected chi connectivity index (χ0v) is 11.9. The van der Waals surface area contributed by atoms with Gasteiger partial charge in [-0.3, -0.25) is 9.78 Å². The fourth-order valence-electron chi connectivity index (χ4n) is 2.47. The molecule has 0 unspecified atom stereocenters. The molecule has 2 aromatic heterocycles. The molecule has 0 aromatic carbocycles. The van der Waals surface area contributed by atoms with Gasteiger partial charge in [0.05, 0.1) is 24.1 Å². The van der Waals surface area contributed by atoms with Crippen molar-refractivity contribution < 1.29 is 4.79 Å². The molecule has 0 atom stereocenters. The Hall–Kier alpha value is -2.28. The molecule has 1 aliphatic heterocycles. The second kappa shape index (κ2) is 6.01. The average molecular weight is 286 g/mol. The van der Waals surface area contributed by atoms with Gasteiger partial charge in [-0.15, -0.1) is 5.10 Å². The highest BCUT2D eigenvalue weighted by Crippen LogP contribution is 2.18. The van der Waals surface area contributed by atoms with Crippen molar-refractivity contribution in [1.82, 2.24) is 25.3 Å². The molecule has 0 aliphatic carbocycles. The van der Waals surface area contributed by atoms with Gasteiger partial charge in [0.1, 0.15) is 0 Å². The van der Waals surface area contributed by atoms with Crippen molar-refractivity contribution in [2.45, 2.75) is 18.9 Å². The van der Waals surface area contributed by atoms with E-state index in [-0.39, 0.29) is 5.91 Å². The highest BCUT2D eigenvalue weighted by molar-refractivity contribution is 6.04. The third kappa shape index (κ3) is 2.92. The highest BCUT2D eigenvalue weighted by atomic mass is 16.2. The molecule has 1 fully saturated rings. The van der Waals surface area contributed by atoms with E-state index < -0.39 is 0 Å². The maximum Gasteiger partial charge on any atom is 0.280 e. The average Bonchev–Trinajstić information content (AvgIpc) is 3.05. The van der Waals surface area contributed by atoms with E-state index in [1.54, 1.807) is 31.7 Å². The number of hydrogen-bond acceptors (Lipinski definition) is 5. The number of carbonyl (C=O) groups excluding carboxylic acids is 1. The smallest absolute Gasteiger partial charge is 0.280 e. The number of nitrogens with zero attached hydrogens (tertiary/aromatic N) is 5. The summed E-state index contributed by atoms with van der Waals surface area (Å²) >= 11 is 0. The highest BCUT2D eigenvalue weighted by Gasteiger charge is 2.21. The Labute approximate surface area is 123 Å². The summed E-state index contributed by atoms with van der Waals surface area (Å²) < 4.78 is 1.81. The first-order valence-electron chi connectivity index (χ1n) is 7.06. The molecule has 2 aromatic rings. The molecule has 110 valence electrons. The summed E-state index contributed by atoms with van der Waals surface area (Å²) in [4.78, 5) is 18.0. The molecular weight excluding hydrogens is 268 g/mol. The predicted octanol–water partition coefficient (Wildman–Crippen LogP) is 0.874. The summed E-state index contributed by atoms with van der Waals surface area (Å²) in [6.45, 7) is 1.95. The summed E-state index contributed by atoms with van der Waals surface area (Å²) in [6, 6.07) is 3.96. The predicted molar refractivity (Wildman–Crippen MR) is 78.1 cm³/mol. The van der Waals surface area contributed by atoms with Crippen LogP contribution in [0.2, 0.25) is 0 Å². The molecule has 0 radical (unpaired) electrons. The zero-order chi connectivity index (χ0) is 14.7. The normalized spacial score (nSPS) is 15.9. The Balaban J connectivity index is 1.74. The van der Waals surface area contributed by atoms with Gasteiger partial charge in [0.25, 0.3) is 5.91 Å². The van der Waals surface area contributed by atoms with Crippen LogP contribution in [0.3, 0.4) is 0 Å². The van der Waals surface area contributed by atoms with Gasteiger partial charge >= 0.3 is 0 Å². The Kier molecular flexibility index (Phi) is 3.92. The van der Waals surface area contributed by atoms with E-state index in [2.05, 4.69) is 20.6 Å². The van der Waals surface area contributed by atoms with Gasteiger partial charge in [0, 0.05) is 13.2 Å². The van der Waals surface area contributed by atoms with Gasteiger partial charge in [-0.2, -0.15) is 0 Å². The molecule has 7 nitrogen and oxygen atoms in total. The van der Waals surface area contributed by atoms with Gasteiger partial charge in [0.15, 0.2) is 5.69 Å². The van der Waals surface area contributed by atoms with E-state index in [1.807, 2.05) is 10.7 Å². The maximum atomic E-state index is 12.4. The number of hydrogen-bond donors (Lipinski definition) is 1. The lowest BCUT2D eigenvalue weighted by molar-refractivity contribution is 0.0988. The number of nitrogens with one attached hydrogen (secondary N) is 1. The number of aromatic nitrogens is 4. The summed E-state index contributed by atoms with van der Waals surface area (Å²) in [7, 11) is 1.71. The van der Waals surface area contributed by atoms with Crippen LogP contribution in [0.4, 0.5) is 5.69 Å². The molecule has 1 aliphatic rings. The lowest BCUT2D eigenvalue weighted by Gasteiger charge is -2.22. The third-order valence-electron chi connectivity index (χ3n) is 3.75. The minimum atomic E-state index is -0.178. The summed E-state index contributed by atoms with van der Waals surface area (Å²) in [6.07, 6.45) is 7.08. The summed E-state index contributed by atoms with van der Waals surface area (Å²) in [5.74, 6) is -0.178. The second-order valence-electron chi connectivity index (χ2n) is 5.14. The van der Waals surface area contributed by atoms with E-state index in [0.717, 1.165) is 31.6 Å². The Bertz CT molecular complexity index is 605. The fourth-order valence-corrected chi connectivity index (χ4v) is 2.47. The van der Waals surface area contributed by atoms with Crippen LogP contribution in [0.15, 0.2) is 30.7 Å². The van der Waals surface area contributed by atoms with Crippen LogP contribution in [0.5, 0.6) is 0 Å². The first-order valence-corrected chi connectivity index (χ1v) is 7.06. The molecule has 0 saturated carbocycles. The Morgan fingerprint density at radius 3 is 2.95 bits per heavy atom. The van der Waals surface area contributed by atoms with Crippen LogP contribution in [-0.4, -0.2) is 46.0 Å². The lowest BCUT2D eigenvalue weighted by atomic mass is 10.1. The van der Waals surface area contributed by atoms with Crippen molar-refractivity contribution in [3.8, 4) is 0 Å². The van der Waals surface area contributed by atoms with Gasteiger partial charge < -0.3 is 10.2 Å². The second-order valence-corrected chi connectivity index (χ2v) is 5.14. The monoisotopic (exact) mass is 286 g/mol. The van der Waals surface area contributed by atoms with Crippen LogP contribution in [-0.2, 0) is 0 Å². The Morgan fingerprint density at radius 2 is 2.24 bits per heavy atom. The van der Waals surface area contributed by atoms with E-state index in [9.17, 15) is 4.79 Å². The number of carbonyl (C=O) groups is 1. The molecular formula is C14H18N6O. The van der Waals surface area contributed by atoms with Crippen molar-refractivity contribution >= 4 is 11.6 Å². The molecule has 7 heteroatoms. The standard InChI is InChI=1S/C14H18N6O/c1-19(12-3-2-6-16-9-12)14(21)13-10-20(18-17-13)11-4-7-15-8-5-11/h2-3,6,9-11,15H,4-5,7-8H2,1H3. The van der Waals surface area contributed by atoms with E-state index in [0.29, 0.717) is 11.7 Å². The number of anilines is 1. The van der Waals surface area contributed by atoms with E-state index >= 15 is 0 Å². The number of pyridine rings is 1. The third-order valence-corrected chi connectivity index (χ3v) is 3.75. The topological polar surface area (TPSA) is 75.9 Å². The number of rotatable bonds is 3. The molecule has 0 spiro atoms. The first kappa shape index (κ1) is 13.7. The molecule has 1 amide bonds. The van der Waals surface area contributed by atoms with Crippen molar-refractivity contribution in [1.29, 1.82) is 0 Å². The first-order chi connectivity index (χ1) is 10.3. The fraction of sp³-hybridized carbons (Fsp3) is 0.429. The van der Waals surface area contributed by atoms with Crippen molar-refractivity contribution in [2.75, 3.05) is 25.0 Å². The Morgan fingerprint density at radius 1 is 1.43 bits per heavy atom. The number of amides is 1. The maximum absolute atomic E-state index is 12.4. The van der Waals surface area contributed by atoms with Crippen LogP contribution in [0.1, 0.15) is 29.4 Å². The van der Waals surface area contributed by atoms with Gasteiger partial charge in [0.2, 0.25) is 0 Å². The van der Waals surface area contributed by atoms with Gasteiger partial charge in [-0.05, 0) is 38.1 Å². The van der Waals surface area contributed by atoms with E-state index in [4.69, 9.17) is 0 Å². The van der Waals surface area contributed by atoms with Crippen molar-refractivity contribution in [3.63, 3.8) is 0 Å². The molecule has 21 heavy (non-hydrogen) atoms. The molecule has 1 saturated heterocycles. The van der Waals surface area contributed by atoms with Crippen LogP contribution in [0.25, 0.3) is 0 Å². The molecule has 1 N–H and O–H groups in total.